The zero-order chi connectivity index (χ0) is 22.8. The van der Waals surface area contributed by atoms with Crippen LogP contribution in [0.4, 0.5) is 24.4 Å². The lowest BCUT2D eigenvalue weighted by atomic mass is 10.3. The highest BCUT2D eigenvalue weighted by atomic mass is 35.5. The van der Waals surface area contributed by atoms with Crippen LogP contribution in [0.2, 0.25) is 5.02 Å². The van der Waals surface area contributed by atoms with Gasteiger partial charge in [-0.2, -0.15) is 0 Å². The van der Waals surface area contributed by atoms with E-state index in [9.17, 15) is 22.0 Å². The van der Waals surface area contributed by atoms with E-state index in [1.54, 1.807) is 0 Å². The van der Waals surface area contributed by atoms with Crippen molar-refractivity contribution in [1.29, 1.82) is 0 Å². The van der Waals surface area contributed by atoms with E-state index in [-0.39, 0.29) is 26.7 Å². The molecular formula is C18H15ClF2N4O4S2. The first kappa shape index (κ1) is 22.9. The third kappa shape index (κ3) is 5.47. The molecule has 2 aromatic carbocycles. The Morgan fingerprint density at radius 3 is 2.65 bits per heavy atom. The fraction of sp³-hybridized carbons (Fsp3) is 0.111. The number of nitrogens with one attached hydrogen (secondary N) is 2. The molecule has 0 atom stereocenters. The minimum absolute atomic E-state index is 0.134. The topological polar surface area (TPSA) is 101 Å². The molecule has 0 unspecified atom stereocenters. The second-order valence-corrected chi connectivity index (χ2v) is 9.29. The Labute approximate surface area is 185 Å². The maximum Gasteiger partial charge on any atom is 0.327 e. The van der Waals surface area contributed by atoms with E-state index in [0.29, 0.717) is 0 Å². The van der Waals surface area contributed by atoms with Crippen LogP contribution in [0.25, 0.3) is 0 Å². The number of rotatable bonds is 6. The van der Waals surface area contributed by atoms with Gasteiger partial charge in [-0.25, -0.2) is 31.7 Å². The molecule has 0 aliphatic carbocycles. The van der Waals surface area contributed by atoms with E-state index in [4.69, 9.17) is 16.3 Å². The third-order valence-electron chi connectivity index (χ3n) is 3.92. The highest BCUT2D eigenvalue weighted by Crippen LogP contribution is 2.32. The highest BCUT2D eigenvalue weighted by Gasteiger charge is 2.21. The van der Waals surface area contributed by atoms with Crippen molar-refractivity contribution in [3.8, 4) is 10.8 Å². The van der Waals surface area contributed by atoms with Gasteiger partial charge < -0.3 is 4.74 Å². The SMILES string of the molecule is CNS(=O)(=O)c1cc(N(C)C(=O)Nc2ncc(Oc3cc(F)cc(Cl)c3)s2)ccc1F. The van der Waals surface area contributed by atoms with Gasteiger partial charge in [0.15, 0.2) is 5.13 Å². The Bertz CT molecular complexity index is 1220. The van der Waals surface area contributed by atoms with Crippen LogP contribution in [0, 0.1) is 11.6 Å². The molecule has 0 aliphatic rings. The number of hydrogen-bond acceptors (Lipinski definition) is 6. The van der Waals surface area contributed by atoms with Gasteiger partial charge in [-0.05, 0) is 37.4 Å². The molecule has 2 N–H and O–H groups in total. The van der Waals surface area contributed by atoms with Gasteiger partial charge in [0.25, 0.3) is 0 Å². The van der Waals surface area contributed by atoms with Crippen LogP contribution >= 0.6 is 22.9 Å². The van der Waals surface area contributed by atoms with Crippen molar-refractivity contribution in [2.75, 3.05) is 24.3 Å². The van der Waals surface area contributed by atoms with Crippen molar-refractivity contribution in [3.05, 3.63) is 59.3 Å². The molecule has 2 amide bonds. The maximum absolute atomic E-state index is 13.9. The van der Waals surface area contributed by atoms with Crippen molar-refractivity contribution in [3.63, 3.8) is 0 Å². The van der Waals surface area contributed by atoms with Crippen molar-refractivity contribution in [1.82, 2.24) is 9.71 Å². The van der Waals surface area contributed by atoms with Crippen LogP contribution in [-0.4, -0.2) is 33.5 Å². The minimum atomic E-state index is -4.05. The first-order valence-corrected chi connectivity index (χ1v) is 11.1. The predicted octanol–water partition coefficient (Wildman–Crippen LogP) is 4.44. The van der Waals surface area contributed by atoms with E-state index in [1.165, 1.54) is 25.4 Å². The second-order valence-electron chi connectivity index (χ2n) is 6.00. The number of thiazole rings is 1. The zero-order valence-electron chi connectivity index (χ0n) is 16.0. The van der Waals surface area contributed by atoms with Gasteiger partial charge in [0.1, 0.15) is 22.3 Å². The monoisotopic (exact) mass is 488 g/mol. The number of halogens is 3. The maximum atomic E-state index is 13.9. The molecule has 0 spiro atoms. The number of benzene rings is 2. The molecule has 164 valence electrons. The van der Waals surface area contributed by atoms with E-state index >= 15 is 0 Å². The first-order chi connectivity index (χ1) is 14.6. The Morgan fingerprint density at radius 2 is 1.97 bits per heavy atom. The third-order valence-corrected chi connectivity index (χ3v) is 6.36. The molecule has 0 radical (unpaired) electrons. The zero-order valence-corrected chi connectivity index (χ0v) is 18.4. The summed E-state index contributed by atoms with van der Waals surface area (Å²) in [4.78, 5) is 17.0. The molecule has 1 heterocycles. The summed E-state index contributed by atoms with van der Waals surface area (Å²) in [5, 5.41) is 3.11. The molecule has 0 saturated carbocycles. The molecule has 0 fully saturated rings. The Kier molecular flexibility index (Phi) is 6.74. The van der Waals surface area contributed by atoms with Gasteiger partial charge >= 0.3 is 6.03 Å². The van der Waals surface area contributed by atoms with Gasteiger partial charge in [-0.1, -0.05) is 22.9 Å². The number of urea groups is 1. The summed E-state index contributed by atoms with van der Waals surface area (Å²) in [6.45, 7) is 0. The van der Waals surface area contributed by atoms with Crippen molar-refractivity contribution in [2.24, 2.45) is 0 Å². The lowest BCUT2D eigenvalue weighted by Gasteiger charge is -2.18. The predicted molar refractivity (Wildman–Crippen MR) is 114 cm³/mol. The number of ether oxygens (including phenoxy) is 1. The molecule has 31 heavy (non-hydrogen) atoms. The number of nitrogens with zero attached hydrogens (tertiary/aromatic N) is 2. The van der Waals surface area contributed by atoms with Crippen molar-refractivity contribution >= 4 is 49.8 Å². The largest absolute Gasteiger partial charge is 0.445 e. The summed E-state index contributed by atoms with van der Waals surface area (Å²) in [5.41, 5.74) is 0.134. The standard InChI is InChI=1S/C18H15ClF2N4O4S2/c1-22-31(27,28)15-8-12(3-4-14(15)21)25(2)18(26)24-17-23-9-16(30-17)29-13-6-10(19)5-11(20)7-13/h3-9,22H,1-2H3,(H,23,24,26). The van der Waals surface area contributed by atoms with Gasteiger partial charge in [-0.3, -0.25) is 10.2 Å². The summed E-state index contributed by atoms with van der Waals surface area (Å²) in [5.74, 6) is -1.36. The molecule has 3 aromatic rings. The summed E-state index contributed by atoms with van der Waals surface area (Å²) in [7, 11) is -1.52. The normalized spacial score (nSPS) is 11.3. The quantitative estimate of drug-likeness (QED) is 0.534. The summed E-state index contributed by atoms with van der Waals surface area (Å²) in [6.07, 6.45) is 1.33. The van der Waals surface area contributed by atoms with Crippen molar-refractivity contribution < 1.29 is 26.7 Å². The number of aromatic nitrogens is 1. The number of amides is 2. The van der Waals surface area contributed by atoms with E-state index in [2.05, 4.69) is 10.3 Å². The van der Waals surface area contributed by atoms with Crippen LogP contribution in [0.3, 0.4) is 0 Å². The lowest BCUT2D eigenvalue weighted by Crippen LogP contribution is -2.31. The average molecular weight is 489 g/mol. The number of carbonyl (C=O) groups excluding carboxylic acids is 1. The van der Waals surface area contributed by atoms with Crippen LogP contribution in [0.1, 0.15) is 0 Å². The average Bonchev–Trinajstić information content (AvgIpc) is 3.13. The van der Waals surface area contributed by atoms with Crippen LogP contribution in [0.15, 0.2) is 47.5 Å². The van der Waals surface area contributed by atoms with Crippen LogP contribution < -0.4 is 19.7 Å². The highest BCUT2D eigenvalue weighted by molar-refractivity contribution is 7.89. The van der Waals surface area contributed by atoms with Gasteiger partial charge in [0, 0.05) is 23.8 Å². The smallest absolute Gasteiger partial charge is 0.327 e. The van der Waals surface area contributed by atoms with Gasteiger partial charge in [-0.15, -0.1) is 0 Å². The van der Waals surface area contributed by atoms with E-state index in [0.717, 1.165) is 47.5 Å². The van der Waals surface area contributed by atoms with Gasteiger partial charge in [0.2, 0.25) is 15.1 Å². The second kappa shape index (κ2) is 9.14. The molecule has 13 heteroatoms. The van der Waals surface area contributed by atoms with Crippen LogP contribution in [-0.2, 0) is 10.0 Å². The molecule has 0 saturated heterocycles. The Hall–Kier alpha value is -2.80. The molecule has 3 rings (SSSR count). The number of hydrogen-bond donors (Lipinski definition) is 2. The molecule has 0 aliphatic heterocycles. The fourth-order valence-electron chi connectivity index (χ4n) is 2.38. The number of anilines is 2. The summed E-state index contributed by atoms with van der Waals surface area (Å²) >= 11 is 6.75. The molecule has 0 bridgehead atoms. The fourth-order valence-corrected chi connectivity index (χ4v) is 4.09. The minimum Gasteiger partial charge on any atom is -0.445 e. The van der Waals surface area contributed by atoms with Crippen molar-refractivity contribution in [2.45, 2.75) is 4.90 Å². The Balaban J connectivity index is 1.73. The molecule has 1 aromatic heterocycles. The van der Waals surface area contributed by atoms with Gasteiger partial charge in [0.05, 0.1) is 6.20 Å². The number of sulfonamides is 1. The van der Waals surface area contributed by atoms with E-state index in [1.807, 2.05) is 4.72 Å². The summed E-state index contributed by atoms with van der Waals surface area (Å²) < 4.78 is 58.7. The molecule has 8 nitrogen and oxygen atoms in total. The first-order valence-electron chi connectivity index (χ1n) is 8.46. The van der Waals surface area contributed by atoms with E-state index < -0.39 is 32.6 Å². The lowest BCUT2D eigenvalue weighted by molar-refractivity contribution is 0.258. The number of carbonyl (C=O) groups is 1. The van der Waals surface area contributed by atoms with Crippen LogP contribution in [0.5, 0.6) is 10.8 Å². The molecular weight excluding hydrogens is 474 g/mol. The summed E-state index contributed by atoms with van der Waals surface area (Å²) in [6, 6.07) is 6.27. The Morgan fingerprint density at radius 1 is 1.23 bits per heavy atom.